The Hall–Kier alpha value is -0.900. The first-order chi connectivity index (χ1) is 7.42. The smallest absolute Gasteiger partial charge is 0.0857 e. The van der Waals surface area contributed by atoms with Crippen LogP contribution < -0.4 is 5.32 Å². The van der Waals surface area contributed by atoms with E-state index in [-0.39, 0.29) is 0 Å². The Balaban J connectivity index is 1.62. The molecule has 1 aromatic heterocycles. The van der Waals surface area contributed by atoms with Crippen LogP contribution in [0.3, 0.4) is 0 Å². The maximum absolute atomic E-state index is 4.27. The van der Waals surface area contributed by atoms with Gasteiger partial charge in [0, 0.05) is 18.2 Å². The van der Waals surface area contributed by atoms with Crippen LogP contribution in [0.15, 0.2) is 6.20 Å². The summed E-state index contributed by atoms with van der Waals surface area (Å²) in [5, 5.41) is 12.0. The highest BCUT2D eigenvalue weighted by atomic mass is 15.4. The molecule has 1 saturated heterocycles. The van der Waals surface area contributed by atoms with Gasteiger partial charge in [-0.15, -0.1) is 5.10 Å². The van der Waals surface area contributed by atoms with Crippen molar-refractivity contribution >= 4 is 0 Å². The monoisotopic (exact) mass is 206 g/mol. The molecule has 2 heterocycles. The van der Waals surface area contributed by atoms with E-state index in [4.69, 9.17) is 0 Å². The number of hydrogen-bond donors (Lipinski definition) is 1. The van der Waals surface area contributed by atoms with Gasteiger partial charge in [-0.3, -0.25) is 4.68 Å². The molecule has 1 unspecified atom stereocenters. The van der Waals surface area contributed by atoms with Crippen LogP contribution in [0, 0.1) is 0 Å². The SMILES string of the molecule is c1c(C2CCC2)nnn1CC1CCCN1. The van der Waals surface area contributed by atoms with E-state index in [1.54, 1.807) is 0 Å². The fraction of sp³-hybridized carbons (Fsp3) is 0.818. The molecule has 2 aliphatic rings. The molecule has 15 heavy (non-hydrogen) atoms. The van der Waals surface area contributed by atoms with E-state index in [2.05, 4.69) is 21.8 Å². The molecule has 0 amide bonds. The maximum atomic E-state index is 4.27. The summed E-state index contributed by atoms with van der Waals surface area (Å²) in [6, 6.07) is 0.612. The van der Waals surface area contributed by atoms with Gasteiger partial charge in [-0.25, -0.2) is 0 Å². The lowest BCUT2D eigenvalue weighted by Crippen LogP contribution is -2.26. The molecule has 2 fully saturated rings. The van der Waals surface area contributed by atoms with Gasteiger partial charge in [0.15, 0.2) is 0 Å². The van der Waals surface area contributed by atoms with Gasteiger partial charge in [-0.05, 0) is 32.2 Å². The molecule has 4 nitrogen and oxygen atoms in total. The first kappa shape index (κ1) is 9.33. The zero-order valence-electron chi connectivity index (χ0n) is 9.02. The molecule has 3 rings (SSSR count). The molecule has 1 atom stereocenters. The average Bonchev–Trinajstić information content (AvgIpc) is 2.75. The van der Waals surface area contributed by atoms with Crippen molar-refractivity contribution in [3.8, 4) is 0 Å². The van der Waals surface area contributed by atoms with Crippen molar-refractivity contribution in [1.29, 1.82) is 0 Å². The lowest BCUT2D eigenvalue weighted by atomic mass is 9.83. The molecule has 4 heteroatoms. The second-order valence-electron chi connectivity index (χ2n) is 4.79. The molecule has 0 radical (unpaired) electrons. The Labute approximate surface area is 90.0 Å². The van der Waals surface area contributed by atoms with Crippen molar-refractivity contribution in [3.63, 3.8) is 0 Å². The van der Waals surface area contributed by atoms with Crippen molar-refractivity contribution in [2.45, 2.75) is 50.6 Å². The number of aromatic nitrogens is 3. The van der Waals surface area contributed by atoms with E-state index in [1.165, 1.54) is 37.8 Å². The van der Waals surface area contributed by atoms with Gasteiger partial charge in [0.1, 0.15) is 0 Å². The Bertz CT molecular complexity index is 323. The molecule has 1 aromatic rings. The van der Waals surface area contributed by atoms with E-state index >= 15 is 0 Å². The predicted octanol–water partition coefficient (Wildman–Crippen LogP) is 1.30. The summed E-state index contributed by atoms with van der Waals surface area (Å²) in [6.07, 6.45) is 8.69. The van der Waals surface area contributed by atoms with Crippen LogP contribution in [0.1, 0.15) is 43.7 Å². The zero-order chi connectivity index (χ0) is 10.1. The van der Waals surface area contributed by atoms with Crippen LogP contribution >= 0.6 is 0 Å². The Morgan fingerprint density at radius 1 is 1.33 bits per heavy atom. The van der Waals surface area contributed by atoms with Crippen LogP contribution in [0.5, 0.6) is 0 Å². The largest absolute Gasteiger partial charge is 0.312 e. The highest BCUT2D eigenvalue weighted by Gasteiger charge is 2.23. The summed E-state index contributed by atoms with van der Waals surface area (Å²) >= 11 is 0. The molecule has 1 aliphatic carbocycles. The van der Waals surface area contributed by atoms with E-state index < -0.39 is 0 Å². The first-order valence-electron chi connectivity index (χ1n) is 6.05. The third kappa shape index (κ3) is 1.91. The van der Waals surface area contributed by atoms with E-state index in [1.807, 2.05) is 4.68 Å². The van der Waals surface area contributed by atoms with Gasteiger partial charge in [0.05, 0.1) is 12.2 Å². The highest BCUT2D eigenvalue weighted by Crippen LogP contribution is 2.34. The predicted molar refractivity (Wildman–Crippen MR) is 57.6 cm³/mol. The summed E-state index contributed by atoms with van der Waals surface area (Å²) in [5.74, 6) is 0.704. The fourth-order valence-corrected chi connectivity index (χ4v) is 2.43. The molecule has 0 aromatic carbocycles. The fourth-order valence-electron chi connectivity index (χ4n) is 2.43. The van der Waals surface area contributed by atoms with Crippen LogP contribution in [-0.4, -0.2) is 27.6 Å². The molecule has 1 N–H and O–H groups in total. The minimum Gasteiger partial charge on any atom is -0.312 e. The lowest BCUT2D eigenvalue weighted by molar-refractivity contribution is 0.410. The summed E-state index contributed by atoms with van der Waals surface area (Å²) in [4.78, 5) is 0. The van der Waals surface area contributed by atoms with E-state index in [0.717, 1.165) is 13.1 Å². The molecular formula is C11H18N4. The summed E-state index contributed by atoms with van der Waals surface area (Å²) in [5.41, 5.74) is 1.21. The van der Waals surface area contributed by atoms with Crippen molar-refractivity contribution in [2.75, 3.05) is 6.54 Å². The minimum absolute atomic E-state index is 0.612. The van der Waals surface area contributed by atoms with Crippen molar-refractivity contribution in [3.05, 3.63) is 11.9 Å². The van der Waals surface area contributed by atoms with Crippen LogP contribution in [0.4, 0.5) is 0 Å². The van der Waals surface area contributed by atoms with Crippen LogP contribution in [0.25, 0.3) is 0 Å². The Morgan fingerprint density at radius 2 is 2.27 bits per heavy atom. The number of nitrogens with one attached hydrogen (secondary N) is 1. The Morgan fingerprint density at radius 3 is 2.93 bits per heavy atom. The van der Waals surface area contributed by atoms with Crippen LogP contribution in [-0.2, 0) is 6.54 Å². The standard InChI is InChI=1S/C11H18N4/c1-3-9(4-1)11-8-15(14-13-11)7-10-5-2-6-12-10/h8-10,12H,1-7H2. The minimum atomic E-state index is 0.612. The first-order valence-corrected chi connectivity index (χ1v) is 6.05. The maximum Gasteiger partial charge on any atom is 0.0857 e. The summed E-state index contributed by atoms with van der Waals surface area (Å²) in [7, 11) is 0. The van der Waals surface area contributed by atoms with Gasteiger partial charge in [0.2, 0.25) is 0 Å². The number of nitrogens with zero attached hydrogens (tertiary/aromatic N) is 3. The van der Waals surface area contributed by atoms with Gasteiger partial charge in [-0.1, -0.05) is 11.6 Å². The second kappa shape index (κ2) is 3.93. The molecule has 0 spiro atoms. The van der Waals surface area contributed by atoms with Crippen molar-refractivity contribution in [2.24, 2.45) is 0 Å². The number of rotatable bonds is 3. The zero-order valence-corrected chi connectivity index (χ0v) is 9.02. The third-order valence-corrected chi connectivity index (χ3v) is 3.65. The van der Waals surface area contributed by atoms with E-state index in [0.29, 0.717) is 12.0 Å². The van der Waals surface area contributed by atoms with Crippen LogP contribution in [0.2, 0.25) is 0 Å². The quantitative estimate of drug-likeness (QED) is 0.810. The van der Waals surface area contributed by atoms with E-state index in [9.17, 15) is 0 Å². The topological polar surface area (TPSA) is 42.7 Å². The molecule has 82 valence electrons. The van der Waals surface area contributed by atoms with Gasteiger partial charge in [-0.2, -0.15) is 0 Å². The second-order valence-corrected chi connectivity index (χ2v) is 4.79. The normalized spacial score (nSPS) is 26.8. The molecular weight excluding hydrogens is 188 g/mol. The van der Waals surface area contributed by atoms with Crippen molar-refractivity contribution < 1.29 is 0 Å². The molecule has 0 bridgehead atoms. The lowest BCUT2D eigenvalue weighted by Gasteiger charge is -2.22. The molecule has 1 saturated carbocycles. The van der Waals surface area contributed by atoms with Gasteiger partial charge < -0.3 is 5.32 Å². The van der Waals surface area contributed by atoms with Crippen molar-refractivity contribution in [1.82, 2.24) is 20.3 Å². The Kier molecular flexibility index (Phi) is 2.44. The van der Waals surface area contributed by atoms with Gasteiger partial charge >= 0.3 is 0 Å². The number of hydrogen-bond acceptors (Lipinski definition) is 3. The highest BCUT2D eigenvalue weighted by molar-refractivity contribution is 5.05. The third-order valence-electron chi connectivity index (χ3n) is 3.65. The van der Waals surface area contributed by atoms with Gasteiger partial charge in [0.25, 0.3) is 0 Å². The molecule has 1 aliphatic heterocycles. The average molecular weight is 206 g/mol. The summed E-state index contributed by atoms with van der Waals surface area (Å²) < 4.78 is 2.01. The summed E-state index contributed by atoms with van der Waals surface area (Å²) in [6.45, 7) is 2.15.